The Balaban J connectivity index is 2.29. The first-order valence-electron chi connectivity index (χ1n) is 4.20. The number of benzene rings is 1. The first kappa shape index (κ1) is 10.6. The summed E-state index contributed by atoms with van der Waals surface area (Å²) in [6.07, 6.45) is 0. The molecule has 1 unspecified atom stereocenters. The standard InChI is InChI=1S/C11H8BrIS/c12-11(8-4-2-1-3-5-8)9-6-10(13)14-7-9/h1-7,11H. The lowest BCUT2D eigenvalue weighted by Crippen LogP contribution is -1.88. The smallest absolute Gasteiger partial charge is 0.0656 e. The highest BCUT2D eigenvalue weighted by Crippen LogP contribution is 2.33. The molecule has 0 saturated carbocycles. The summed E-state index contributed by atoms with van der Waals surface area (Å²) in [5.41, 5.74) is 2.65. The Hall–Kier alpha value is 0.130. The molecule has 0 spiro atoms. The predicted molar refractivity (Wildman–Crippen MR) is 74.2 cm³/mol. The first-order chi connectivity index (χ1) is 6.77. The molecule has 0 fully saturated rings. The zero-order valence-electron chi connectivity index (χ0n) is 7.28. The van der Waals surface area contributed by atoms with E-state index in [2.05, 4.69) is 74.2 Å². The van der Waals surface area contributed by atoms with E-state index in [0.717, 1.165) is 0 Å². The van der Waals surface area contributed by atoms with Gasteiger partial charge in [-0.1, -0.05) is 46.3 Å². The second-order valence-electron chi connectivity index (χ2n) is 2.96. The lowest BCUT2D eigenvalue weighted by atomic mass is 10.1. The maximum Gasteiger partial charge on any atom is 0.0656 e. The van der Waals surface area contributed by atoms with Crippen LogP contribution in [0.5, 0.6) is 0 Å². The molecule has 0 amide bonds. The Morgan fingerprint density at radius 1 is 1.14 bits per heavy atom. The molecule has 2 rings (SSSR count). The molecule has 0 bridgehead atoms. The number of hydrogen-bond acceptors (Lipinski definition) is 1. The fourth-order valence-corrected chi connectivity index (χ4v) is 3.41. The van der Waals surface area contributed by atoms with Crippen molar-refractivity contribution in [2.24, 2.45) is 0 Å². The second kappa shape index (κ2) is 4.77. The van der Waals surface area contributed by atoms with E-state index in [4.69, 9.17) is 0 Å². The van der Waals surface area contributed by atoms with Crippen molar-refractivity contribution in [1.82, 2.24) is 0 Å². The zero-order chi connectivity index (χ0) is 9.97. The molecule has 0 aliphatic rings. The van der Waals surface area contributed by atoms with Crippen LogP contribution in [-0.4, -0.2) is 0 Å². The van der Waals surface area contributed by atoms with Crippen LogP contribution in [0.25, 0.3) is 0 Å². The lowest BCUT2D eigenvalue weighted by molar-refractivity contribution is 1.19. The monoisotopic (exact) mass is 378 g/mol. The van der Waals surface area contributed by atoms with Crippen molar-refractivity contribution in [3.8, 4) is 0 Å². The molecule has 0 aliphatic carbocycles. The van der Waals surface area contributed by atoms with Crippen molar-refractivity contribution >= 4 is 49.9 Å². The lowest BCUT2D eigenvalue weighted by Gasteiger charge is -2.07. The quantitative estimate of drug-likeness (QED) is 0.518. The molecule has 0 aliphatic heterocycles. The fraction of sp³-hybridized carbons (Fsp3) is 0.0909. The minimum Gasteiger partial charge on any atom is -0.137 e. The second-order valence-corrected chi connectivity index (χ2v) is 6.68. The van der Waals surface area contributed by atoms with Gasteiger partial charge in [0.1, 0.15) is 0 Å². The highest BCUT2D eigenvalue weighted by Gasteiger charge is 2.10. The van der Waals surface area contributed by atoms with Crippen molar-refractivity contribution in [2.45, 2.75) is 4.83 Å². The van der Waals surface area contributed by atoms with E-state index in [1.54, 1.807) is 11.3 Å². The van der Waals surface area contributed by atoms with Gasteiger partial charge in [0.2, 0.25) is 0 Å². The maximum absolute atomic E-state index is 3.71. The van der Waals surface area contributed by atoms with Crippen molar-refractivity contribution in [2.75, 3.05) is 0 Å². The Labute approximate surface area is 110 Å². The van der Waals surface area contributed by atoms with Crippen LogP contribution in [0.3, 0.4) is 0 Å². The molecule has 2 aromatic rings. The van der Waals surface area contributed by atoms with Gasteiger partial charge < -0.3 is 0 Å². The van der Waals surface area contributed by atoms with Gasteiger partial charge in [-0.3, -0.25) is 0 Å². The summed E-state index contributed by atoms with van der Waals surface area (Å²) < 4.78 is 1.33. The van der Waals surface area contributed by atoms with E-state index >= 15 is 0 Å². The Morgan fingerprint density at radius 2 is 1.86 bits per heavy atom. The average Bonchev–Trinajstić information content (AvgIpc) is 2.65. The molecule has 0 nitrogen and oxygen atoms in total. The van der Waals surface area contributed by atoms with Crippen molar-refractivity contribution in [3.63, 3.8) is 0 Å². The number of rotatable bonds is 2. The molecule has 72 valence electrons. The highest BCUT2D eigenvalue weighted by atomic mass is 127. The van der Waals surface area contributed by atoms with Gasteiger partial charge in [-0.05, 0) is 45.2 Å². The van der Waals surface area contributed by atoms with Crippen molar-refractivity contribution in [3.05, 3.63) is 55.8 Å². The van der Waals surface area contributed by atoms with Gasteiger partial charge >= 0.3 is 0 Å². The van der Waals surface area contributed by atoms with Gasteiger partial charge in [0.15, 0.2) is 0 Å². The van der Waals surface area contributed by atoms with Gasteiger partial charge in [-0.15, -0.1) is 11.3 Å². The molecule has 1 aromatic carbocycles. The van der Waals surface area contributed by atoms with Gasteiger partial charge in [-0.2, -0.15) is 0 Å². The molecular weight excluding hydrogens is 371 g/mol. The van der Waals surface area contributed by atoms with Crippen LogP contribution in [0.1, 0.15) is 16.0 Å². The summed E-state index contributed by atoms with van der Waals surface area (Å²) in [4.78, 5) is 0.323. The van der Waals surface area contributed by atoms with E-state index in [1.165, 1.54) is 14.0 Å². The topological polar surface area (TPSA) is 0 Å². The SMILES string of the molecule is BrC(c1ccccc1)c1csc(I)c1. The van der Waals surface area contributed by atoms with Crippen LogP contribution >= 0.6 is 49.9 Å². The zero-order valence-corrected chi connectivity index (χ0v) is 11.8. The summed E-state index contributed by atoms with van der Waals surface area (Å²) in [5.74, 6) is 0. The minimum atomic E-state index is 0.323. The van der Waals surface area contributed by atoms with Crippen LogP contribution < -0.4 is 0 Å². The average molecular weight is 379 g/mol. The summed E-state index contributed by atoms with van der Waals surface area (Å²) in [5, 5.41) is 2.20. The van der Waals surface area contributed by atoms with E-state index in [1.807, 2.05) is 6.07 Å². The summed E-state index contributed by atoms with van der Waals surface area (Å²) in [6.45, 7) is 0. The molecule has 3 heteroatoms. The summed E-state index contributed by atoms with van der Waals surface area (Å²) in [7, 11) is 0. The number of halogens is 2. The van der Waals surface area contributed by atoms with E-state index in [0.29, 0.717) is 4.83 Å². The van der Waals surface area contributed by atoms with Gasteiger partial charge in [0, 0.05) is 0 Å². The summed E-state index contributed by atoms with van der Waals surface area (Å²) >= 11 is 7.85. The van der Waals surface area contributed by atoms with Crippen molar-refractivity contribution < 1.29 is 0 Å². The molecule has 0 N–H and O–H groups in total. The van der Waals surface area contributed by atoms with Crippen LogP contribution in [0.15, 0.2) is 41.8 Å². The van der Waals surface area contributed by atoms with Crippen molar-refractivity contribution in [1.29, 1.82) is 0 Å². The van der Waals surface area contributed by atoms with Gasteiger partial charge in [0.05, 0.1) is 7.71 Å². The Morgan fingerprint density at radius 3 is 2.43 bits per heavy atom. The normalized spacial score (nSPS) is 12.7. The first-order valence-corrected chi connectivity index (χ1v) is 7.08. The minimum absolute atomic E-state index is 0.323. The third kappa shape index (κ3) is 2.38. The third-order valence-electron chi connectivity index (χ3n) is 1.97. The molecular formula is C11H8BrIS. The fourth-order valence-electron chi connectivity index (χ4n) is 1.27. The molecule has 1 heterocycles. The molecule has 1 aromatic heterocycles. The van der Waals surface area contributed by atoms with Gasteiger partial charge in [0.25, 0.3) is 0 Å². The Kier molecular flexibility index (Phi) is 3.62. The molecule has 14 heavy (non-hydrogen) atoms. The third-order valence-corrected chi connectivity index (χ3v) is 4.84. The van der Waals surface area contributed by atoms with Crippen LogP contribution in [-0.2, 0) is 0 Å². The van der Waals surface area contributed by atoms with Crippen LogP contribution in [0, 0.1) is 2.88 Å². The number of thiophene rings is 1. The van der Waals surface area contributed by atoms with E-state index < -0.39 is 0 Å². The number of hydrogen-bond donors (Lipinski definition) is 0. The largest absolute Gasteiger partial charge is 0.137 e. The van der Waals surface area contributed by atoms with E-state index in [9.17, 15) is 0 Å². The van der Waals surface area contributed by atoms with Gasteiger partial charge in [-0.25, -0.2) is 0 Å². The molecule has 1 atom stereocenters. The maximum atomic E-state index is 3.71. The highest BCUT2D eigenvalue weighted by molar-refractivity contribution is 14.1. The predicted octanol–water partition coefficient (Wildman–Crippen LogP) is 4.84. The summed E-state index contributed by atoms with van der Waals surface area (Å²) in [6, 6.07) is 12.7. The molecule has 0 radical (unpaired) electrons. The molecule has 0 saturated heterocycles. The van der Waals surface area contributed by atoms with E-state index in [-0.39, 0.29) is 0 Å². The van der Waals surface area contributed by atoms with Crippen LogP contribution in [0.4, 0.5) is 0 Å². The number of alkyl halides is 1. The Bertz CT molecular complexity index is 410. The van der Waals surface area contributed by atoms with Crippen LogP contribution in [0.2, 0.25) is 0 Å².